The third kappa shape index (κ3) is 7.64. The molecule has 36 heavy (non-hydrogen) atoms. The fraction of sp³-hybridized carbons (Fsp3) is 0.370. The molecular formula is C27H32FN3O5. The number of carboxylic acid groups (broad SMARTS) is 1. The van der Waals surface area contributed by atoms with Crippen LogP contribution in [0.5, 0.6) is 0 Å². The van der Waals surface area contributed by atoms with E-state index < -0.39 is 30.3 Å². The first-order valence-electron chi connectivity index (χ1n) is 11.7. The van der Waals surface area contributed by atoms with Crippen molar-refractivity contribution in [2.75, 3.05) is 36.9 Å². The summed E-state index contributed by atoms with van der Waals surface area (Å²) in [6, 6.07) is 14.1. The molecule has 0 bridgehead atoms. The molecule has 1 aliphatic rings. The summed E-state index contributed by atoms with van der Waals surface area (Å²) in [6.07, 6.45) is 2.39. The number of hydrogen-bond donors (Lipinski definition) is 3. The maximum atomic E-state index is 12.7. The van der Waals surface area contributed by atoms with Gasteiger partial charge < -0.3 is 15.2 Å². The van der Waals surface area contributed by atoms with Crippen LogP contribution in [-0.2, 0) is 14.3 Å². The molecule has 0 spiro atoms. The van der Waals surface area contributed by atoms with Crippen LogP contribution in [0.2, 0.25) is 0 Å². The Hall–Kier alpha value is -3.72. The lowest BCUT2D eigenvalue weighted by molar-refractivity contribution is -0.141. The zero-order valence-corrected chi connectivity index (χ0v) is 20.7. The molecule has 1 fully saturated rings. The van der Waals surface area contributed by atoms with Crippen LogP contribution in [0.4, 0.5) is 20.6 Å². The number of carbonyl (C=O) groups is 3. The zero-order valence-electron chi connectivity index (χ0n) is 20.7. The van der Waals surface area contributed by atoms with E-state index in [2.05, 4.69) is 10.6 Å². The maximum Gasteiger partial charge on any atom is 0.412 e. The summed E-state index contributed by atoms with van der Waals surface area (Å²) in [5.74, 6) is -2.08. The van der Waals surface area contributed by atoms with Gasteiger partial charge in [0.05, 0.1) is 17.3 Å². The van der Waals surface area contributed by atoms with Gasteiger partial charge in [-0.05, 0) is 50.1 Å². The van der Waals surface area contributed by atoms with Crippen molar-refractivity contribution in [2.45, 2.75) is 32.3 Å². The molecule has 0 saturated carbocycles. The van der Waals surface area contributed by atoms with Gasteiger partial charge in [-0.2, -0.15) is 0 Å². The van der Waals surface area contributed by atoms with Crippen molar-refractivity contribution in [3.8, 4) is 0 Å². The summed E-state index contributed by atoms with van der Waals surface area (Å²) in [4.78, 5) is 38.1. The molecule has 8 nitrogen and oxygen atoms in total. The standard InChI is InChI=1S/C27H32FN3O5/c1-27(2,3)36-26(35)30-23-7-5-4-6-22(23)29-24(32)13-10-18-8-11-19(12-9-18)20-16-31(15-14-28)17-21(20)25(33)34/h4-13,20-21H,14-17H2,1-3H3,(H,29,32)(H,30,35)(H,33,34)/b13-10+. The summed E-state index contributed by atoms with van der Waals surface area (Å²) >= 11 is 0. The lowest BCUT2D eigenvalue weighted by Gasteiger charge is -2.20. The van der Waals surface area contributed by atoms with Crippen molar-refractivity contribution < 1.29 is 28.6 Å². The summed E-state index contributed by atoms with van der Waals surface area (Å²) in [5, 5.41) is 14.9. The summed E-state index contributed by atoms with van der Waals surface area (Å²) in [7, 11) is 0. The van der Waals surface area contributed by atoms with Crippen LogP contribution < -0.4 is 10.6 Å². The number of carboxylic acids is 1. The van der Waals surface area contributed by atoms with Gasteiger partial charge >= 0.3 is 12.1 Å². The molecule has 0 aromatic heterocycles. The van der Waals surface area contributed by atoms with E-state index in [-0.39, 0.29) is 18.4 Å². The largest absolute Gasteiger partial charge is 0.481 e. The number of nitrogens with one attached hydrogen (secondary N) is 2. The summed E-state index contributed by atoms with van der Waals surface area (Å²) in [5.41, 5.74) is 1.81. The number of hydrogen-bond acceptors (Lipinski definition) is 5. The highest BCUT2D eigenvalue weighted by Gasteiger charge is 2.38. The molecule has 2 aromatic carbocycles. The van der Waals surface area contributed by atoms with Gasteiger partial charge in [-0.15, -0.1) is 0 Å². The molecule has 2 amide bonds. The minimum absolute atomic E-state index is 0.218. The Morgan fingerprint density at radius 2 is 1.69 bits per heavy atom. The van der Waals surface area contributed by atoms with E-state index in [0.717, 1.165) is 11.1 Å². The molecule has 0 radical (unpaired) electrons. The van der Waals surface area contributed by atoms with Crippen molar-refractivity contribution in [1.82, 2.24) is 4.90 Å². The fourth-order valence-electron chi connectivity index (χ4n) is 4.09. The second kappa shape index (κ2) is 11.8. The van der Waals surface area contributed by atoms with Gasteiger partial charge in [0.2, 0.25) is 5.91 Å². The van der Waals surface area contributed by atoms with Crippen molar-refractivity contribution >= 4 is 35.4 Å². The predicted octanol–water partition coefficient (Wildman–Crippen LogP) is 4.76. The number of anilines is 2. The Labute approximate surface area is 210 Å². The number of para-hydroxylation sites is 2. The van der Waals surface area contributed by atoms with Gasteiger partial charge in [-0.25, -0.2) is 9.18 Å². The van der Waals surface area contributed by atoms with Crippen LogP contribution in [0, 0.1) is 5.92 Å². The lowest BCUT2D eigenvalue weighted by atomic mass is 9.88. The molecule has 0 aliphatic carbocycles. The SMILES string of the molecule is CC(C)(C)OC(=O)Nc1ccccc1NC(=O)/C=C/c1ccc(C2CN(CCF)CC2C(=O)O)cc1. The first kappa shape index (κ1) is 26.9. The van der Waals surface area contributed by atoms with Crippen molar-refractivity contribution in [3.63, 3.8) is 0 Å². The van der Waals surface area contributed by atoms with Crippen molar-refractivity contribution in [3.05, 3.63) is 65.7 Å². The second-order valence-corrected chi connectivity index (χ2v) is 9.66. The van der Waals surface area contributed by atoms with Gasteiger partial charge in [-0.3, -0.25) is 19.8 Å². The van der Waals surface area contributed by atoms with Gasteiger partial charge in [0.1, 0.15) is 12.3 Å². The number of aliphatic carboxylic acids is 1. The zero-order chi connectivity index (χ0) is 26.3. The highest BCUT2D eigenvalue weighted by Crippen LogP contribution is 2.33. The van der Waals surface area contributed by atoms with E-state index in [0.29, 0.717) is 24.5 Å². The molecule has 9 heteroatoms. The molecular weight excluding hydrogens is 465 g/mol. The number of ether oxygens (including phenoxy) is 1. The van der Waals surface area contributed by atoms with Crippen LogP contribution in [0.1, 0.15) is 37.8 Å². The van der Waals surface area contributed by atoms with Crippen molar-refractivity contribution in [2.24, 2.45) is 5.92 Å². The number of carbonyl (C=O) groups excluding carboxylic acids is 2. The number of likely N-dealkylation sites (tertiary alicyclic amines) is 1. The van der Waals surface area contributed by atoms with Crippen LogP contribution in [0.25, 0.3) is 6.08 Å². The van der Waals surface area contributed by atoms with E-state index in [1.54, 1.807) is 51.1 Å². The van der Waals surface area contributed by atoms with Crippen LogP contribution in [-0.4, -0.2) is 59.9 Å². The fourth-order valence-corrected chi connectivity index (χ4v) is 4.09. The highest BCUT2D eigenvalue weighted by molar-refractivity contribution is 6.05. The Morgan fingerprint density at radius 1 is 1.06 bits per heavy atom. The first-order valence-corrected chi connectivity index (χ1v) is 11.7. The Kier molecular flexibility index (Phi) is 8.82. The van der Waals surface area contributed by atoms with E-state index in [9.17, 15) is 23.9 Å². The number of benzene rings is 2. The highest BCUT2D eigenvalue weighted by atomic mass is 19.1. The van der Waals surface area contributed by atoms with E-state index in [1.807, 2.05) is 29.2 Å². The first-order chi connectivity index (χ1) is 17.1. The number of halogens is 1. The lowest BCUT2D eigenvalue weighted by Crippen LogP contribution is -2.27. The molecule has 3 N–H and O–H groups in total. The summed E-state index contributed by atoms with van der Waals surface area (Å²) < 4.78 is 18.0. The third-order valence-corrected chi connectivity index (χ3v) is 5.73. The molecule has 3 rings (SSSR count). The Morgan fingerprint density at radius 3 is 2.28 bits per heavy atom. The van der Waals surface area contributed by atoms with E-state index in [1.165, 1.54) is 6.08 Å². The van der Waals surface area contributed by atoms with Crippen LogP contribution >= 0.6 is 0 Å². The maximum absolute atomic E-state index is 12.7. The van der Waals surface area contributed by atoms with Crippen LogP contribution in [0.3, 0.4) is 0 Å². The normalized spacial score (nSPS) is 18.2. The third-order valence-electron chi connectivity index (χ3n) is 5.73. The number of nitrogens with zero attached hydrogens (tertiary/aromatic N) is 1. The topological polar surface area (TPSA) is 108 Å². The van der Waals surface area contributed by atoms with Crippen LogP contribution in [0.15, 0.2) is 54.6 Å². The average Bonchev–Trinajstić information content (AvgIpc) is 3.23. The van der Waals surface area contributed by atoms with Gasteiger partial charge in [0.15, 0.2) is 0 Å². The summed E-state index contributed by atoms with van der Waals surface area (Å²) in [6.45, 7) is 5.83. The minimum atomic E-state index is -0.886. The van der Waals surface area contributed by atoms with Gasteiger partial charge in [-0.1, -0.05) is 36.4 Å². The Bertz CT molecular complexity index is 1110. The molecule has 1 saturated heterocycles. The number of alkyl halides is 1. The number of amides is 2. The second-order valence-electron chi connectivity index (χ2n) is 9.66. The quantitative estimate of drug-likeness (QED) is 0.454. The van der Waals surface area contributed by atoms with E-state index >= 15 is 0 Å². The minimum Gasteiger partial charge on any atom is -0.481 e. The van der Waals surface area contributed by atoms with Gasteiger partial charge in [0, 0.05) is 31.6 Å². The average molecular weight is 498 g/mol. The molecule has 2 unspecified atom stereocenters. The smallest absolute Gasteiger partial charge is 0.412 e. The van der Waals surface area contributed by atoms with Crippen molar-refractivity contribution in [1.29, 1.82) is 0 Å². The van der Waals surface area contributed by atoms with Gasteiger partial charge in [0.25, 0.3) is 0 Å². The molecule has 2 aromatic rings. The predicted molar refractivity (Wildman–Crippen MR) is 137 cm³/mol. The molecule has 1 aliphatic heterocycles. The monoisotopic (exact) mass is 497 g/mol. The molecule has 192 valence electrons. The molecule has 1 heterocycles. The number of rotatable bonds is 8. The Balaban J connectivity index is 1.63. The van der Waals surface area contributed by atoms with E-state index in [4.69, 9.17) is 4.74 Å². The molecule has 2 atom stereocenters.